The summed E-state index contributed by atoms with van der Waals surface area (Å²) < 4.78 is 5.61. The van der Waals surface area contributed by atoms with E-state index in [4.69, 9.17) is 4.74 Å². The minimum atomic E-state index is -0.155. The Morgan fingerprint density at radius 3 is 2.29 bits per heavy atom. The number of nitriles is 1. The molecule has 0 spiro atoms. The van der Waals surface area contributed by atoms with Crippen molar-refractivity contribution in [3.63, 3.8) is 0 Å². The molecule has 0 aliphatic carbocycles. The van der Waals surface area contributed by atoms with E-state index in [1.807, 2.05) is 68.4 Å². The Morgan fingerprint density at radius 1 is 1.05 bits per heavy atom. The molecular formula is C18H20N2O. The van der Waals surface area contributed by atoms with Gasteiger partial charge in [0.25, 0.3) is 0 Å². The first kappa shape index (κ1) is 14.9. The van der Waals surface area contributed by atoms with Crippen LogP contribution in [0.5, 0.6) is 5.75 Å². The van der Waals surface area contributed by atoms with E-state index >= 15 is 0 Å². The number of nitrogens with zero attached hydrogens (tertiary/aromatic N) is 1. The van der Waals surface area contributed by atoms with Crippen molar-refractivity contribution in [2.45, 2.75) is 25.9 Å². The molecule has 108 valence electrons. The molecule has 21 heavy (non-hydrogen) atoms. The Labute approximate surface area is 126 Å². The molecular weight excluding hydrogens is 260 g/mol. The lowest BCUT2D eigenvalue weighted by molar-refractivity contribution is 0.242. The van der Waals surface area contributed by atoms with E-state index in [9.17, 15) is 5.26 Å². The van der Waals surface area contributed by atoms with Gasteiger partial charge >= 0.3 is 0 Å². The second-order valence-corrected chi connectivity index (χ2v) is 5.16. The summed E-state index contributed by atoms with van der Waals surface area (Å²) in [4.78, 5) is 0. The number of ether oxygens (including phenoxy) is 1. The minimum absolute atomic E-state index is 0.155. The monoisotopic (exact) mass is 280 g/mol. The number of nitrogens with one attached hydrogen (secondary N) is 1. The largest absolute Gasteiger partial charge is 0.491 e. The maximum absolute atomic E-state index is 9.29. The highest BCUT2D eigenvalue weighted by molar-refractivity contribution is 5.47. The predicted molar refractivity (Wildman–Crippen MR) is 85.5 cm³/mol. The molecule has 2 aromatic rings. The lowest BCUT2D eigenvalue weighted by Gasteiger charge is -2.13. The summed E-state index contributed by atoms with van der Waals surface area (Å²) in [6.45, 7) is 4.60. The normalized spacial score (nSPS) is 11.7. The Bertz CT molecular complexity index is 585. The van der Waals surface area contributed by atoms with Crippen molar-refractivity contribution in [2.75, 3.05) is 11.9 Å². The lowest BCUT2D eigenvalue weighted by atomic mass is 10.0. The van der Waals surface area contributed by atoms with Gasteiger partial charge in [0.05, 0.1) is 18.1 Å². The molecule has 0 aromatic heterocycles. The van der Waals surface area contributed by atoms with Gasteiger partial charge in [-0.25, -0.2) is 0 Å². The summed E-state index contributed by atoms with van der Waals surface area (Å²) in [7, 11) is 0. The molecule has 0 amide bonds. The average molecular weight is 280 g/mol. The molecule has 0 fully saturated rings. The fourth-order valence-electron chi connectivity index (χ4n) is 2.07. The van der Waals surface area contributed by atoms with Crippen molar-refractivity contribution in [3.8, 4) is 11.8 Å². The molecule has 0 saturated carbocycles. The van der Waals surface area contributed by atoms with E-state index < -0.39 is 0 Å². The molecule has 2 rings (SSSR count). The zero-order valence-corrected chi connectivity index (χ0v) is 12.4. The smallest absolute Gasteiger partial charge is 0.119 e. The van der Waals surface area contributed by atoms with E-state index in [0.29, 0.717) is 6.54 Å². The van der Waals surface area contributed by atoms with Crippen molar-refractivity contribution < 1.29 is 4.74 Å². The van der Waals surface area contributed by atoms with E-state index in [1.165, 1.54) is 0 Å². The second kappa shape index (κ2) is 7.35. The lowest BCUT2D eigenvalue weighted by Crippen LogP contribution is -2.11. The van der Waals surface area contributed by atoms with Crippen molar-refractivity contribution in [3.05, 3.63) is 60.2 Å². The van der Waals surface area contributed by atoms with Crippen molar-refractivity contribution in [1.29, 1.82) is 5.26 Å². The van der Waals surface area contributed by atoms with Gasteiger partial charge in [0, 0.05) is 12.2 Å². The molecule has 0 saturated heterocycles. The first-order chi connectivity index (χ1) is 10.2. The van der Waals surface area contributed by atoms with Gasteiger partial charge in [0.2, 0.25) is 0 Å². The fourth-order valence-corrected chi connectivity index (χ4v) is 2.07. The summed E-state index contributed by atoms with van der Waals surface area (Å²) in [5, 5.41) is 12.6. The maximum atomic E-state index is 9.29. The Kier molecular flexibility index (Phi) is 5.22. The highest BCUT2D eigenvalue weighted by Crippen LogP contribution is 2.19. The topological polar surface area (TPSA) is 45.0 Å². The molecule has 0 heterocycles. The van der Waals surface area contributed by atoms with E-state index in [0.717, 1.165) is 17.0 Å². The summed E-state index contributed by atoms with van der Waals surface area (Å²) in [5.74, 6) is 0.702. The van der Waals surface area contributed by atoms with Crippen LogP contribution in [0.3, 0.4) is 0 Å². The number of benzene rings is 2. The third-order valence-corrected chi connectivity index (χ3v) is 3.09. The molecule has 1 N–H and O–H groups in total. The van der Waals surface area contributed by atoms with Gasteiger partial charge in [-0.2, -0.15) is 5.26 Å². The van der Waals surface area contributed by atoms with Crippen LogP contribution in [-0.2, 0) is 0 Å². The van der Waals surface area contributed by atoms with Crippen LogP contribution >= 0.6 is 0 Å². The summed E-state index contributed by atoms with van der Waals surface area (Å²) >= 11 is 0. The van der Waals surface area contributed by atoms with Gasteiger partial charge in [-0.15, -0.1) is 0 Å². The standard InChI is InChI=1S/C18H20N2O/c1-14(2)21-18-10-8-17(9-11-18)20-13-16(12-19)15-6-4-3-5-7-15/h3-11,14,16,20H,13H2,1-2H3. The summed E-state index contributed by atoms with van der Waals surface area (Å²) in [6.07, 6.45) is 0.171. The van der Waals surface area contributed by atoms with Gasteiger partial charge in [-0.3, -0.25) is 0 Å². The predicted octanol–water partition coefficient (Wildman–Crippen LogP) is 4.19. The van der Waals surface area contributed by atoms with Crippen LogP contribution in [0.1, 0.15) is 25.3 Å². The van der Waals surface area contributed by atoms with Crippen LogP contribution in [0, 0.1) is 11.3 Å². The second-order valence-electron chi connectivity index (χ2n) is 5.16. The van der Waals surface area contributed by atoms with Gasteiger partial charge in [-0.1, -0.05) is 30.3 Å². The minimum Gasteiger partial charge on any atom is -0.491 e. The molecule has 0 radical (unpaired) electrons. The summed E-state index contributed by atoms with van der Waals surface area (Å²) in [5.41, 5.74) is 2.02. The van der Waals surface area contributed by atoms with Crippen molar-refractivity contribution in [1.82, 2.24) is 0 Å². The van der Waals surface area contributed by atoms with Crippen LogP contribution in [0.25, 0.3) is 0 Å². The third-order valence-electron chi connectivity index (χ3n) is 3.09. The van der Waals surface area contributed by atoms with Gasteiger partial charge < -0.3 is 10.1 Å². The van der Waals surface area contributed by atoms with Gasteiger partial charge in [0.15, 0.2) is 0 Å². The molecule has 3 heteroatoms. The van der Waals surface area contributed by atoms with Crippen LogP contribution < -0.4 is 10.1 Å². The average Bonchev–Trinajstić information content (AvgIpc) is 2.50. The van der Waals surface area contributed by atoms with E-state index in [1.54, 1.807) is 0 Å². The molecule has 0 aliphatic rings. The molecule has 1 unspecified atom stereocenters. The van der Waals surface area contributed by atoms with Gasteiger partial charge in [0.1, 0.15) is 5.75 Å². The summed E-state index contributed by atoms with van der Waals surface area (Å²) in [6, 6.07) is 20.0. The van der Waals surface area contributed by atoms with Crippen molar-refractivity contribution in [2.24, 2.45) is 0 Å². The number of anilines is 1. The Hall–Kier alpha value is -2.47. The van der Waals surface area contributed by atoms with E-state index in [-0.39, 0.29) is 12.0 Å². The van der Waals surface area contributed by atoms with Crippen molar-refractivity contribution >= 4 is 5.69 Å². The fraction of sp³-hybridized carbons (Fsp3) is 0.278. The number of hydrogen-bond donors (Lipinski definition) is 1. The SMILES string of the molecule is CC(C)Oc1ccc(NCC(C#N)c2ccccc2)cc1. The first-order valence-corrected chi connectivity index (χ1v) is 7.14. The quantitative estimate of drug-likeness (QED) is 0.862. The first-order valence-electron chi connectivity index (χ1n) is 7.14. The highest BCUT2D eigenvalue weighted by Gasteiger charge is 2.09. The highest BCUT2D eigenvalue weighted by atomic mass is 16.5. The zero-order chi connectivity index (χ0) is 15.1. The molecule has 0 bridgehead atoms. The van der Waals surface area contributed by atoms with Gasteiger partial charge in [-0.05, 0) is 43.7 Å². The van der Waals surface area contributed by atoms with Crippen LogP contribution in [0.15, 0.2) is 54.6 Å². The molecule has 2 aromatic carbocycles. The molecule has 1 atom stereocenters. The number of rotatable bonds is 6. The molecule has 3 nitrogen and oxygen atoms in total. The Morgan fingerprint density at radius 2 is 1.71 bits per heavy atom. The molecule has 0 aliphatic heterocycles. The van der Waals surface area contributed by atoms with Crippen LogP contribution in [0.4, 0.5) is 5.69 Å². The maximum Gasteiger partial charge on any atom is 0.119 e. The number of hydrogen-bond acceptors (Lipinski definition) is 3. The van der Waals surface area contributed by atoms with E-state index in [2.05, 4.69) is 11.4 Å². The zero-order valence-electron chi connectivity index (χ0n) is 12.4. The third kappa shape index (κ3) is 4.54. The Balaban J connectivity index is 1.94. The van der Waals surface area contributed by atoms with Crippen LogP contribution in [0.2, 0.25) is 0 Å². The van der Waals surface area contributed by atoms with Crippen LogP contribution in [-0.4, -0.2) is 12.6 Å².